The molecule has 0 atom stereocenters. The minimum Gasteiger partial charge on any atom is -0.507 e. The number of amides is 2. The normalized spacial score (nSPS) is 13.1. The summed E-state index contributed by atoms with van der Waals surface area (Å²) in [6, 6.07) is 20.7. The van der Waals surface area contributed by atoms with Crippen LogP contribution in [0.3, 0.4) is 0 Å². The number of ether oxygens (including phenoxy) is 2. The summed E-state index contributed by atoms with van der Waals surface area (Å²) in [5.74, 6) is 1.36. The quantitative estimate of drug-likeness (QED) is 0.208. The van der Waals surface area contributed by atoms with Crippen LogP contribution in [0.5, 0.6) is 17.2 Å². The van der Waals surface area contributed by atoms with Crippen LogP contribution in [-0.4, -0.2) is 40.5 Å². The monoisotopic (exact) mass is 554 g/mol. The van der Waals surface area contributed by atoms with Crippen LogP contribution in [0.1, 0.15) is 60.1 Å². The number of aromatic hydroxyl groups is 1. The van der Waals surface area contributed by atoms with Gasteiger partial charge in [-0.1, -0.05) is 25.0 Å². The summed E-state index contributed by atoms with van der Waals surface area (Å²) in [5, 5.41) is 21.2. The molecule has 3 N–H and O–H groups in total. The van der Waals surface area contributed by atoms with E-state index in [-0.39, 0.29) is 23.6 Å². The molecular weight excluding hydrogens is 520 g/mol. The minimum atomic E-state index is -0.339. The van der Waals surface area contributed by atoms with E-state index in [0.717, 1.165) is 42.7 Å². The van der Waals surface area contributed by atoms with E-state index in [4.69, 9.17) is 9.47 Å². The molecule has 0 bridgehead atoms. The topological polar surface area (TPSA) is 115 Å². The molecule has 2 amide bonds. The maximum absolute atomic E-state index is 13.3. The van der Waals surface area contributed by atoms with E-state index in [0.29, 0.717) is 41.4 Å². The molecule has 3 aromatic carbocycles. The third-order valence-electron chi connectivity index (χ3n) is 7.26. The molecule has 0 radical (unpaired) electrons. The highest BCUT2D eigenvalue weighted by Gasteiger charge is 2.26. The average Bonchev–Trinajstić information content (AvgIpc) is 3.68. The Labute approximate surface area is 239 Å². The van der Waals surface area contributed by atoms with E-state index >= 15 is 0 Å². The van der Waals surface area contributed by atoms with Gasteiger partial charge in [-0.25, -0.2) is 4.79 Å². The summed E-state index contributed by atoms with van der Waals surface area (Å²) >= 11 is 0. The first-order chi connectivity index (χ1) is 19.9. The minimum absolute atomic E-state index is 0.00493. The number of aromatic nitrogens is 2. The summed E-state index contributed by atoms with van der Waals surface area (Å²) in [4.78, 5) is 26.2. The van der Waals surface area contributed by atoms with Crippen LogP contribution in [0.15, 0.2) is 72.8 Å². The number of benzene rings is 3. The van der Waals surface area contributed by atoms with Crippen molar-refractivity contribution in [3.63, 3.8) is 0 Å². The molecular formula is C32H34N4O5. The van der Waals surface area contributed by atoms with E-state index in [1.165, 1.54) is 10.7 Å². The zero-order chi connectivity index (χ0) is 28.8. The first kappa shape index (κ1) is 27.8. The van der Waals surface area contributed by atoms with Gasteiger partial charge >= 0.3 is 6.03 Å². The predicted molar refractivity (Wildman–Crippen MR) is 157 cm³/mol. The summed E-state index contributed by atoms with van der Waals surface area (Å²) in [6.45, 7) is 2.78. The fraction of sp³-hybridized carbons (Fsp3) is 0.281. The van der Waals surface area contributed by atoms with E-state index < -0.39 is 0 Å². The number of nitrogens with zero attached hydrogens (tertiary/aromatic N) is 2. The molecule has 41 heavy (non-hydrogen) atoms. The molecule has 0 unspecified atom stereocenters. The molecule has 9 nitrogen and oxygen atoms in total. The number of methoxy groups -OCH3 is 1. The largest absolute Gasteiger partial charge is 0.507 e. The highest BCUT2D eigenvalue weighted by molar-refractivity contribution is 6.04. The summed E-state index contributed by atoms with van der Waals surface area (Å²) in [7, 11) is 1.61. The Kier molecular flexibility index (Phi) is 8.53. The van der Waals surface area contributed by atoms with Gasteiger partial charge in [0.25, 0.3) is 5.91 Å². The van der Waals surface area contributed by atoms with Crippen LogP contribution in [0, 0.1) is 0 Å². The Morgan fingerprint density at radius 1 is 0.976 bits per heavy atom. The van der Waals surface area contributed by atoms with Crippen molar-refractivity contribution >= 4 is 17.6 Å². The number of phenols is 1. The van der Waals surface area contributed by atoms with Crippen LogP contribution in [-0.2, 0) is 6.54 Å². The Bertz CT molecular complexity index is 1510. The van der Waals surface area contributed by atoms with Crippen LogP contribution in [0.2, 0.25) is 0 Å². The number of rotatable bonds is 9. The molecule has 5 rings (SSSR count). The maximum atomic E-state index is 13.3. The first-order valence-corrected chi connectivity index (χ1v) is 13.8. The van der Waals surface area contributed by atoms with Crippen molar-refractivity contribution in [3.05, 3.63) is 89.6 Å². The third kappa shape index (κ3) is 6.51. The number of anilines is 1. The van der Waals surface area contributed by atoms with Gasteiger partial charge in [0.2, 0.25) is 0 Å². The number of hydrogen-bond acceptors (Lipinski definition) is 6. The number of phenolic OH excluding ortho intramolecular Hbond substituents is 1. The molecule has 1 fully saturated rings. The molecule has 9 heteroatoms. The summed E-state index contributed by atoms with van der Waals surface area (Å²) < 4.78 is 12.1. The molecule has 4 aromatic rings. The lowest BCUT2D eigenvalue weighted by molar-refractivity contribution is 0.102. The van der Waals surface area contributed by atoms with Crippen molar-refractivity contribution in [2.75, 3.05) is 19.0 Å². The fourth-order valence-electron chi connectivity index (χ4n) is 5.09. The maximum Gasteiger partial charge on any atom is 0.342 e. The van der Waals surface area contributed by atoms with Crippen LogP contribution >= 0.6 is 0 Å². The highest BCUT2D eigenvalue weighted by atomic mass is 16.5. The van der Waals surface area contributed by atoms with E-state index in [2.05, 4.69) is 15.7 Å². The fourth-order valence-corrected chi connectivity index (χ4v) is 5.09. The second kappa shape index (κ2) is 12.6. The van der Waals surface area contributed by atoms with Gasteiger partial charge < -0.3 is 25.2 Å². The number of carbonyl (C=O) groups is 2. The molecule has 1 aliphatic carbocycles. The van der Waals surface area contributed by atoms with Crippen LogP contribution in [0.25, 0.3) is 11.3 Å². The Morgan fingerprint density at radius 2 is 1.68 bits per heavy atom. The van der Waals surface area contributed by atoms with Gasteiger partial charge in [0.1, 0.15) is 17.2 Å². The van der Waals surface area contributed by atoms with Gasteiger partial charge in [0, 0.05) is 29.3 Å². The highest BCUT2D eigenvalue weighted by Crippen LogP contribution is 2.38. The SMILES string of the molecule is CCOc1ccc(C(=O)Nc2ccc(O)c(-c3cc(C4CCCC4)n(C(=O)NCc4ccc(OC)cc4)n3)c2)cc1. The lowest BCUT2D eigenvalue weighted by Gasteiger charge is -2.12. The molecule has 1 heterocycles. The van der Waals surface area contributed by atoms with Crippen LogP contribution < -0.4 is 20.1 Å². The van der Waals surface area contributed by atoms with Crippen molar-refractivity contribution in [2.24, 2.45) is 0 Å². The van der Waals surface area contributed by atoms with Crippen molar-refractivity contribution in [1.29, 1.82) is 0 Å². The van der Waals surface area contributed by atoms with E-state index in [1.54, 1.807) is 43.5 Å². The lowest BCUT2D eigenvalue weighted by Crippen LogP contribution is -2.30. The van der Waals surface area contributed by atoms with Crippen molar-refractivity contribution in [1.82, 2.24) is 15.1 Å². The second-order valence-corrected chi connectivity index (χ2v) is 10.00. The molecule has 212 valence electrons. The zero-order valence-corrected chi connectivity index (χ0v) is 23.2. The molecule has 1 saturated carbocycles. The van der Waals surface area contributed by atoms with Gasteiger partial charge in [0.15, 0.2) is 0 Å². The lowest BCUT2D eigenvalue weighted by atomic mass is 10.0. The summed E-state index contributed by atoms with van der Waals surface area (Å²) in [6.07, 6.45) is 4.13. The standard InChI is InChI=1S/C32H34N4O5/c1-3-41-26-15-10-23(11-16-26)31(38)34-24-12-17-30(37)27(18-24)28-19-29(22-6-4-5-7-22)36(35-28)32(39)33-20-21-8-13-25(40-2)14-9-21/h8-19,22,37H,3-7,20H2,1-2H3,(H,33,39)(H,34,38). The van der Waals surface area contributed by atoms with Gasteiger partial charge in [-0.2, -0.15) is 9.78 Å². The number of hydrogen-bond donors (Lipinski definition) is 3. The summed E-state index contributed by atoms with van der Waals surface area (Å²) in [5.41, 5.74) is 3.61. The molecule has 0 saturated heterocycles. The van der Waals surface area contributed by atoms with E-state index in [1.807, 2.05) is 37.3 Å². The van der Waals surface area contributed by atoms with Gasteiger partial charge in [-0.05, 0) is 86.0 Å². The van der Waals surface area contributed by atoms with Crippen molar-refractivity contribution < 1.29 is 24.2 Å². The average molecular weight is 555 g/mol. The van der Waals surface area contributed by atoms with Crippen LogP contribution in [0.4, 0.5) is 10.5 Å². The number of nitrogens with one attached hydrogen (secondary N) is 2. The third-order valence-corrected chi connectivity index (χ3v) is 7.26. The number of carbonyl (C=O) groups excluding carboxylic acids is 2. The smallest absolute Gasteiger partial charge is 0.342 e. The van der Waals surface area contributed by atoms with Gasteiger partial charge in [-0.15, -0.1) is 0 Å². The Balaban J connectivity index is 1.37. The molecule has 0 spiro atoms. The molecule has 1 aromatic heterocycles. The predicted octanol–water partition coefficient (Wildman–Crippen LogP) is 6.33. The Morgan fingerprint density at radius 3 is 2.37 bits per heavy atom. The van der Waals surface area contributed by atoms with Crippen molar-refractivity contribution in [3.8, 4) is 28.5 Å². The second-order valence-electron chi connectivity index (χ2n) is 10.00. The van der Waals surface area contributed by atoms with Gasteiger partial charge in [-0.3, -0.25) is 4.79 Å². The van der Waals surface area contributed by atoms with E-state index in [9.17, 15) is 14.7 Å². The molecule has 1 aliphatic rings. The Hall–Kier alpha value is -4.79. The van der Waals surface area contributed by atoms with Gasteiger partial charge in [0.05, 0.1) is 25.1 Å². The molecule has 0 aliphatic heterocycles. The zero-order valence-electron chi connectivity index (χ0n) is 23.2. The first-order valence-electron chi connectivity index (χ1n) is 13.8. The van der Waals surface area contributed by atoms with Crippen molar-refractivity contribution in [2.45, 2.75) is 45.1 Å².